The van der Waals surface area contributed by atoms with Gasteiger partial charge in [-0.1, -0.05) is 42.3 Å². The standard InChI is InChI=1S/C23H27Cl2N3O3/c1-4-21(30)27-8-10-28(11-9-27)22-17(24)6-5-7-19(22)26-20(29)14-31-23-16(3)12-15(2)13-18(23)25/h5-7,12-13H,4,8-11,14H2,1-3H3,(H,26,29). The number of nitrogens with one attached hydrogen (secondary N) is 1. The van der Waals surface area contributed by atoms with Crippen molar-refractivity contribution in [3.63, 3.8) is 0 Å². The SMILES string of the molecule is CCC(=O)N1CCN(c2c(Cl)cccc2NC(=O)COc2c(C)cc(C)cc2Cl)CC1. The van der Waals surface area contributed by atoms with E-state index < -0.39 is 0 Å². The van der Waals surface area contributed by atoms with Crippen molar-refractivity contribution >= 4 is 46.4 Å². The molecule has 0 saturated carbocycles. The molecule has 1 N–H and O–H groups in total. The van der Waals surface area contributed by atoms with E-state index in [0.29, 0.717) is 54.1 Å². The number of nitrogens with zero attached hydrogens (tertiary/aromatic N) is 2. The fourth-order valence-electron chi connectivity index (χ4n) is 3.75. The van der Waals surface area contributed by atoms with Gasteiger partial charge in [-0.05, 0) is 43.2 Å². The summed E-state index contributed by atoms with van der Waals surface area (Å²) < 4.78 is 5.69. The van der Waals surface area contributed by atoms with Crippen LogP contribution in [0.2, 0.25) is 10.0 Å². The van der Waals surface area contributed by atoms with Crippen LogP contribution in [0.1, 0.15) is 24.5 Å². The third-order valence-corrected chi connectivity index (χ3v) is 5.82. The molecule has 1 fully saturated rings. The number of piperazine rings is 1. The molecule has 2 aromatic rings. The Kier molecular flexibility index (Phi) is 7.68. The van der Waals surface area contributed by atoms with Crippen LogP contribution in [0.4, 0.5) is 11.4 Å². The van der Waals surface area contributed by atoms with Crippen LogP contribution in [0.5, 0.6) is 5.75 Å². The first-order chi connectivity index (χ1) is 14.8. The molecule has 31 heavy (non-hydrogen) atoms. The van der Waals surface area contributed by atoms with Gasteiger partial charge >= 0.3 is 0 Å². The molecule has 2 aromatic carbocycles. The lowest BCUT2D eigenvalue weighted by Crippen LogP contribution is -2.48. The number of benzene rings is 2. The number of aryl methyl sites for hydroxylation is 2. The highest BCUT2D eigenvalue weighted by Gasteiger charge is 2.24. The number of hydrogen-bond donors (Lipinski definition) is 1. The van der Waals surface area contributed by atoms with Crippen LogP contribution < -0.4 is 15.0 Å². The average Bonchev–Trinajstić information content (AvgIpc) is 2.72. The van der Waals surface area contributed by atoms with Crippen molar-refractivity contribution in [2.45, 2.75) is 27.2 Å². The fraction of sp³-hybridized carbons (Fsp3) is 0.391. The first-order valence-electron chi connectivity index (χ1n) is 10.3. The minimum Gasteiger partial charge on any atom is -0.482 e. The van der Waals surface area contributed by atoms with Crippen LogP contribution in [0.3, 0.4) is 0 Å². The summed E-state index contributed by atoms with van der Waals surface area (Å²) in [5.41, 5.74) is 3.28. The second-order valence-corrected chi connectivity index (χ2v) is 8.40. The lowest BCUT2D eigenvalue weighted by molar-refractivity contribution is -0.131. The number of carbonyl (C=O) groups excluding carboxylic acids is 2. The summed E-state index contributed by atoms with van der Waals surface area (Å²) in [6, 6.07) is 9.16. The zero-order valence-electron chi connectivity index (χ0n) is 18.0. The van der Waals surface area contributed by atoms with Crippen molar-refractivity contribution in [1.29, 1.82) is 0 Å². The molecule has 2 amide bonds. The van der Waals surface area contributed by atoms with Crippen molar-refractivity contribution in [3.05, 3.63) is 51.5 Å². The van der Waals surface area contributed by atoms with Gasteiger partial charge < -0.3 is 19.9 Å². The molecule has 0 unspecified atom stereocenters. The van der Waals surface area contributed by atoms with E-state index in [9.17, 15) is 9.59 Å². The van der Waals surface area contributed by atoms with E-state index in [0.717, 1.165) is 16.8 Å². The normalized spacial score (nSPS) is 13.8. The fourth-order valence-corrected chi connectivity index (χ4v) is 4.42. The van der Waals surface area contributed by atoms with Gasteiger partial charge in [0.15, 0.2) is 6.61 Å². The Morgan fingerprint density at radius 2 is 1.77 bits per heavy atom. The molecule has 1 heterocycles. The van der Waals surface area contributed by atoms with E-state index >= 15 is 0 Å². The van der Waals surface area contributed by atoms with E-state index in [2.05, 4.69) is 10.2 Å². The van der Waals surface area contributed by atoms with E-state index in [1.54, 1.807) is 18.2 Å². The van der Waals surface area contributed by atoms with Crippen molar-refractivity contribution in [2.75, 3.05) is 43.0 Å². The maximum atomic E-state index is 12.6. The zero-order valence-corrected chi connectivity index (χ0v) is 19.5. The van der Waals surface area contributed by atoms with Crippen LogP contribution in [-0.2, 0) is 9.59 Å². The molecule has 0 aromatic heterocycles. The van der Waals surface area contributed by atoms with Gasteiger partial charge in [-0.25, -0.2) is 0 Å². The monoisotopic (exact) mass is 463 g/mol. The van der Waals surface area contributed by atoms with Gasteiger partial charge in [0.1, 0.15) is 5.75 Å². The maximum absolute atomic E-state index is 12.6. The second kappa shape index (κ2) is 10.2. The zero-order chi connectivity index (χ0) is 22.5. The number of ether oxygens (including phenoxy) is 1. The summed E-state index contributed by atoms with van der Waals surface area (Å²) in [5, 5.41) is 3.93. The molecule has 0 atom stereocenters. The topological polar surface area (TPSA) is 61.9 Å². The minimum atomic E-state index is -0.306. The number of para-hydroxylation sites is 1. The van der Waals surface area contributed by atoms with Gasteiger partial charge in [-0.15, -0.1) is 0 Å². The van der Waals surface area contributed by atoms with Gasteiger partial charge in [0.25, 0.3) is 5.91 Å². The van der Waals surface area contributed by atoms with Crippen LogP contribution in [0.15, 0.2) is 30.3 Å². The molecule has 1 saturated heterocycles. The average molecular weight is 464 g/mol. The van der Waals surface area contributed by atoms with Gasteiger partial charge in [0.2, 0.25) is 5.91 Å². The molecule has 8 heteroatoms. The minimum absolute atomic E-state index is 0.148. The molecule has 1 aliphatic heterocycles. The predicted octanol–water partition coefficient (Wildman–Crippen LogP) is 4.69. The first-order valence-corrected chi connectivity index (χ1v) is 11.1. The van der Waals surface area contributed by atoms with Gasteiger partial charge in [-0.3, -0.25) is 9.59 Å². The molecule has 0 aliphatic carbocycles. The molecular formula is C23H27Cl2N3O3. The Bertz CT molecular complexity index is 950. The highest BCUT2D eigenvalue weighted by Crippen LogP contribution is 2.35. The van der Waals surface area contributed by atoms with E-state index in [1.165, 1.54) is 0 Å². The molecule has 6 nitrogen and oxygen atoms in total. The molecule has 0 bridgehead atoms. The summed E-state index contributed by atoms with van der Waals surface area (Å²) in [4.78, 5) is 28.5. The number of rotatable bonds is 6. The summed E-state index contributed by atoms with van der Waals surface area (Å²) in [5.74, 6) is 0.347. The van der Waals surface area contributed by atoms with Crippen molar-refractivity contribution in [1.82, 2.24) is 4.90 Å². The van der Waals surface area contributed by atoms with E-state index in [1.807, 2.05) is 37.8 Å². The van der Waals surface area contributed by atoms with Crippen LogP contribution in [0.25, 0.3) is 0 Å². The van der Waals surface area contributed by atoms with Crippen LogP contribution in [-0.4, -0.2) is 49.5 Å². The molecule has 3 rings (SSSR count). The number of amides is 2. The van der Waals surface area contributed by atoms with Crippen LogP contribution in [0, 0.1) is 13.8 Å². The second-order valence-electron chi connectivity index (χ2n) is 7.59. The summed E-state index contributed by atoms with van der Waals surface area (Å²) >= 11 is 12.7. The molecule has 0 spiro atoms. The highest BCUT2D eigenvalue weighted by atomic mass is 35.5. The summed E-state index contributed by atoms with van der Waals surface area (Å²) in [7, 11) is 0. The van der Waals surface area contributed by atoms with Crippen molar-refractivity contribution < 1.29 is 14.3 Å². The maximum Gasteiger partial charge on any atom is 0.262 e. The van der Waals surface area contributed by atoms with Crippen molar-refractivity contribution in [2.24, 2.45) is 0 Å². The number of carbonyl (C=O) groups is 2. The summed E-state index contributed by atoms with van der Waals surface area (Å²) in [6.45, 7) is 8.08. The van der Waals surface area contributed by atoms with E-state index in [4.69, 9.17) is 27.9 Å². The highest BCUT2D eigenvalue weighted by molar-refractivity contribution is 6.34. The molecule has 166 valence electrons. The van der Waals surface area contributed by atoms with Gasteiger partial charge in [-0.2, -0.15) is 0 Å². The molecular weight excluding hydrogens is 437 g/mol. The third-order valence-electron chi connectivity index (χ3n) is 5.23. The van der Waals surface area contributed by atoms with Crippen molar-refractivity contribution in [3.8, 4) is 5.75 Å². The molecule has 0 radical (unpaired) electrons. The summed E-state index contributed by atoms with van der Waals surface area (Å²) in [6.07, 6.45) is 0.498. The Labute approximate surface area is 193 Å². The lowest BCUT2D eigenvalue weighted by atomic mass is 10.1. The Morgan fingerprint density at radius 3 is 2.42 bits per heavy atom. The van der Waals surface area contributed by atoms with E-state index in [-0.39, 0.29) is 18.4 Å². The smallest absolute Gasteiger partial charge is 0.262 e. The quantitative estimate of drug-likeness (QED) is 0.674. The number of anilines is 2. The molecule has 1 aliphatic rings. The third kappa shape index (κ3) is 5.63. The van der Waals surface area contributed by atoms with Crippen LogP contribution >= 0.6 is 23.2 Å². The predicted molar refractivity (Wildman–Crippen MR) is 126 cm³/mol. The lowest BCUT2D eigenvalue weighted by Gasteiger charge is -2.37. The first kappa shape index (κ1) is 23.2. The Morgan fingerprint density at radius 1 is 1.06 bits per heavy atom. The van der Waals surface area contributed by atoms with Gasteiger partial charge in [0, 0.05) is 32.6 Å². The largest absolute Gasteiger partial charge is 0.482 e. The Balaban J connectivity index is 1.68. The van der Waals surface area contributed by atoms with Gasteiger partial charge in [0.05, 0.1) is 21.4 Å². The number of halogens is 2. The number of hydrogen-bond acceptors (Lipinski definition) is 4. The Hall–Kier alpha value is -2.44.